The minimum Gasteiger partial charge on any atom is -0.496 e. The van der Waals surface area contributed by atoms with Crippen molar-refractivity contribution in [2.75, 3.05) is 7.11 Å². The first kappa shape index (κ1) is 10.4. The molecule has 1 aromatic carbocycles. The number of halogens is 4. The van der Waals surface area contributed by atoms with E-state index >= 15 is 0 Å². The Morgan fingerprint density at radius 3 is 2.46 bits per heavy atom. The Morgan fingerprint density at radius 2 is 2.00 bits per heavy atom. The lowest BCUT2D eigenvalue weighted by molar-refractivity contribution is -0.138. The maximum absolute atomic E-state index is 12.3. The van der Waals surface area contributed by atoms with Crippen LogP contribution < -0.4 is 4.74 Å². The smallest absolute Gasteiger partial charge is 0.417 e. The summed E-state index contributed by atoms with van der Waals surface area (Å²) in [4.78, 5) is 0. The summed E-state index contributed by atoms with van der Waals surface area (Å²) in [5.74, 6) is 0.120. The van der Waals surface area contributed by atoms with Crippen molar-refractivity contribution in [1.82, 2.24) is 0 Å². The molecule has 0 aliphatic rings. The van der Waals surface area contributed by atoms with Gasteiger partial charge in [0.1, 0.15) is 5.75 Å². The number of hydrogen-bond acceptors (Lipinski definition) is 1. The highest BCUT2D eigenvalue weighted by Gasteiger charge is 2.33. The quantitative estimate of drug-likeness (QED) is 0.747. The summed E-state index contributed by atoms with van der Waals surface area (Å²) in [6.07, 6.45) is -4.39. The van der Waals surface area contributed by atoms with Crippen LogP contribution in [0.5, 0.6) is 5.75 Å². The van der Waals surface area contributed by atoms with Crippen LogP contribution in [0.4, 0.5) is 13.2 Å². The Hall–Kier alpha value is -0.710. The average Bonchev–Trinajstić information content (AvgIpc) is 2.02. The molecule has 1 rings (SSSR count). The predicted molar refractivity (Wildman–Crippen MR) is 44.5 cm³/mol. The van der Waals surface area contributed by atoms with Gasteiger partial charge < -0.3 is 4.74 Å². The van der Waals surface area contributed by atoms with Crippen LogP contribution in [-0.4, -0.2) is 7.11 Å². The van der Waals surface area contributed by atoms with E-state index in [2.05, 4.69) is 22.0 Å². The number of rotatable bonds is 1. The second-order valence-electron chi connectivity index (χ2n) is 2.25. The lowest BCUT2D eigenvalue weighted by Gasteiger charge is -2.10. The summed E-state index contributed by atoms with van der Waals surface area (Å²) in [7, 11) is 1.30. The first-order chi connectivity index (χ1) is 5.96. The average molecular weight is 254 g/mol. The standard InChI is InChI=1S/C8H5BrF3O/c1-13-6-4-2-3-5(7(6)9)8(10,11)12/h3-4H,1H3. The Labute approximate surface area is 81.6 Å². The van der Waals surface area contributed by atoms with Gasteiger partial charge in [0, 0.05) is 0 Å². The first-order valence-electron chi connectivity index (χ1n) is 3.27. The van der Waals surface area contributed by atoms with Crippen LogP contribution in [0.3, 0.4) is 0 Å². The highest BCUT2D eigenvalue weighted by molar-refractivity contribution is 9.10. The zero-order valence-corrected chi connectivity index (χ0v) is 8.16. The number of alkyl halides is 3. The number of benzene rings is 1. The number of hydrogen-bond donors (Lipinski definition) is 0. The van der Waals surface area contributed by atoms with E-state index in [0.717, 1.165) is 6.07 Å². The van der Waals surface area contributed by atoms with Gasteiger partial charge in [0.2, 0.25) is 0 Å². The predicted octanol–water partition coefficient (Wildman–Crippen LogP) is 3.28. The molecular formula is C8H5BrF3O. The third-order valence-electron chi connectivity index (χ3n) is 1.42. The molecule has 0 aliphatic heterocycles. The molecule has 0 spiro atoms. The van der Waals surface area contributed by atoms with Crippen LogP contribution in [0.2, 0.25) is 0 Å². The Balaban J connectivity index is 3.24. The number of methoxy groups -OCH3 is 1. The van der Waals surface area contributed by atoms with Crippen molar-refractivity contribution >= 4 is 15.9 Å². The molecule has 5 heteroatoms. The van der Waals surface area contributed by atoms with Gasteiger partial charge in [-0.1, -0.05) is 0 Å². The molecule has 0 saturated heterocycles. The monoisotopic (exact) mass is 253 g/mol. The van der Waals surface area contributed by atoms with E-state index in [1.54, 1.807) is 0 Å². The van der Waals surface area contributed by atoms with Crippen molar-refractivity contribution in [3.05, 3.63) is 28.2 Å². The van der Waals surface area contributed by atoms with Crippen molar-refractivity contribution in [3.63, 3.8) is 0 Å². The van der Waals surface area contributed by atoms with Gasteiger partial charge in [-0.2, -0.15) is 13.2 Å². The van der Waals surface area contributed by atoms with Gasteiger partial charge >= 0.3 is 6.18 Å². The summed E-state index contributed by atoms with van der Waals surface area (Å²) in [6, 6.07) is 4.55. The second-order valence-corrected chi connectivity index (χ2v) is 3.04. The maximum Gasteiger partial charge on any atom is 0.417 e. The molecular weight excluding hydrogens is 249 g/mol. The maximum atomic E-state index is 12.3. The summed E-state index contributed by atoms with van der Waals surface area (Å²) >= 11 is 2.81. The van der Waals surface area contributed by atoms with E-state index in [1.165, 1.54) is 13.2 Å². The van der Waals surface area contributed by atoms with Crippen molar-refractivity contribution in [2.45, 2.75) is 6.18 Å². The molecule has 0 aliphatic carbocycles. The molecule has 1 radical (unpaired) electrons. The molecule has 0 unspecified atom stereocenters. The summed E-state index contributed by atoms with van der Waals surface area (Å²) in [5, 5.41) is 0. The van der Waals surface area contributed by atoms with E-state index in [4.69, 9.17) is 4.74 Å². The third-order valence-corrected chi connectivity index (χ3v) is 2.24. The Bertz CT molecular complexity index is 309. The molecule has 0 atom stereocenters. The molecule has 0 aromatic heterocycles. The van der Waals surface area contributed by atoms with E-state index in [-0.39, 0.29) is 10.2 Å². The van der Waals surface area contributed by atoms with Gasteiger partial charge in [0.05, 0.1) is 17.1 Å². The minimum absolute atomic E-state index is 0.0961. The SMILES string of the molecule is COc1c[c]cc(C(F)(F)F)c1Br. The van der Waals surface area contributed by atoms with Crippen LogP contribution in [0.15, 0.2) is 16.6 Å². The van der Waals surface area contributed by atoms with Crippen LogP contribution in [-0.2, 0) is 6.18 Å². The van der Waals surface area contributed by atoms with Gasteiger partial charge in [0.15, 0.2) is 0 Å². The molecule has 0 saturated carbocycles. The van der Waals surface area contributed by atoms with E-state index < -0.39 is 11.7 Å². The molecule has 0 fully saturated rings. The zero-order valence-electron chi connectivity index (χ0n) is 6.57. The van der Waals surface area contributed by atoms with Gasteiger partial charge in [-0.15, -0.1) is 0 Å². The van der Waals surface area contributed by atoms with Gasteiger partial charge in [-0.25, -0.2) is 0 Å². The van der Waals surface area contributed by atoms with Crippen molar-refractivity contribution < 1.29 is 17.9 Å². The lowest BCUT2D eigenvalue weighted by atomic mass is 10.2. The largest absolute Gasteiger partial charge is 0.496 e. The highest BCUT2D eigenvalue weighted by atomic mass is 79.9. The molecule has 71 valence electrons. The summed E-state index contributed by atoms with van der Waals surface area (Å²) in [6.45, 7) is 0. The van der Waals surface area contributed by atoms with Crippen molar-refractivity contribution in [1.29, 1.82) is 0 Å². The van der Waals surface area contributed by atoms with E-state index in [9.17, 15) is 13.2 Å². The fraction of sp³-hybridized carbons (Fsp3) is 0.250. The van der Waals surface area contributed by atoms with Crippen LogP contribution in [0, 0.1) is 6.07 Å². The van der Waals surface area contributed by atoms with Crippen LogP contribution >= 0.6 is 15.9 Å². The fourth-order valence-corrected chi connectivity index (χ4v) is 1.43. The van der Waals surface area contributed by atoms with Gasteiger partial charge in [-0.05, 0) is 34.1 Å². The van der Waals surface area contributed by atoms with Crippen molar-refractivity contribution in [3.8, 4) is 5.75 Å². The molecule has 0 heterocycles. The molecule has 0 N–H and O–H groups in total. The fourth-order valence-electron chi connectivity index (χ4n) is 0.815. The summed E-state index contributed by atoms with van der Waals surface area (Å²) in [5.41, 5.74) is -0.785. The molecule has 1 aromatic rings. The molecule has 1 nitrogen and oxygen atoms in total. The van der Waals surface area contributed by atoms with Gasteiger partial charge in [0.25, 0.3) is 0 Å². The Kier molecular flexibility index (Phi) is 2.85. The third kappa shape index (κ3) is 2.15. The van der Waals surface area contributed by atoms with E-state index in [1.807, 2.05) is 0 Å². The second kappa shape index (κ2) is 3.57. The zero-order chi connectivity index (χ0) is 10.1. The first-order valence-corrected chi connectivity index (χ1v) is 4.07. The van der Waals surface area contributed by atoms with Crippen molar-refractivity contribution in [2.24, 2.45) is 0 Å². The molecule has 0 amide bonds. The molecule has 13 heavy (non-hydrogen) atoms. The topological polar surface area (TPSA) is 9.23 Å². The van der Waals surface area contributed by atoms with Crippen LogP contribution in [0.25, 0.3) is 0 Å². The van der Waals surface area contributed by atoms with Crippen LogP contribution in [0.1, 0.15) is 5.56 Å². The lowest BCUT2D eigenvalue weighted by Crippen LogP contribution is -2.06. The minimum atomic E-state index is -4.39. The Morgan fingerprint density at radius 1 is 1.38 bits per heavy atom. The normalized spacial score (nSPS) is 11.5. The highest BCUT2D eigenvalue weighted by Crippen LogP contribution is 2.38. The van der Waals surface area contributed by atoms with Gasteiger partial charge in [-0.3, -0.25) is 0 Å². The molecule has 0 bridgehead atoms. The summed E-state index contributed by atoms with van der Waals surface area (Å²) < 4.78 is 41.4. The number of ether oxygens (including phenoxy) is 1. The van der Waals surface area contributed by atoms with E-state index in [0.29, 0.717) is 0 Å².